The third-order valence-corrected chi connectivity index (χ3v) is 3.48. The van der Waals surface area contributed by atoms with Gasteiger partial charge in [-0.15, -0.1) is 0 Å². The monoisotopic (exact) mass is 276 g/mol. The lowest BCUT2D eigenvalue weighted by Crippen LogP contribution is -2.46. The summed E-state index contributed by atoms with van der Waals surface area (Å²) >= 11 is 0. The number of nitrogens with one attached hydrogen (secondary N) is 1. The van der Waals surface area contributed by atoms with Crippen LogP contribution in [0.5, 0.6) is 0 Å². The number of likely N-dealkylation sites (tertiary alicyclic amines) is 1. The zero-order valence-electron chi connectivity index (χ0n) is 12.3. The minimum absolute atomic E-state index is 0.0249. The SMILES string of the molecule is CC(C)OC1CCN(C(=O)NCc2ccccc2)CC1. The molecular formula is C16H24N2O2. The van der Waals surface area contributed by atoms with E-state index < -0.39 is 0 Å². The molecule has 4 heteroatoms. The highest BCUT2D eigenvalue weighted by atomic mass is 16.5. The quantitative estimate of drug-likeness (QED) is 0.918. The largest absolute Gasteiger partial charge is 0.375 e. The number of urea groups is 1. The van der Waals surface area contributed by atoms with Gasteiger partial charge < -0.3 is 15.0 Å². The van der Waals surface area contributed by atoms with E-state index in [9.17, 15) is 4.79 Å². The highest BCUT2D eigenvalue weighted by molar-refractivity contribution is 5.74. The molecule has 2 amide bonds. The molecule has 20 heavy (non-hydrogen) atoms. The van der Waals surface area contributed by atoms with E-state index in [4.69, 9.17) is 4.74 Å². The molecule has 0 aromatic heterocycles. The molecule has 0 radical (unpaired) electrons. The Bertz CT molecular complexity index is 412. The van der Waals surface area contributed by atoms with E-state index >= 15 is 0 Å². The molecule has 1 aromatic carbocycles. The zero-order valence-corrected chi connectivity index (χ0v) is 12.3. The van der Waals surface area contributed by atoms with Gasteiger partial charge in [0.25, 0.3) is 0 Å². The van der Waals surface area contributed by atoms with Crippen molar-refractivity contribution in [2.75, 3.05) is 13.1 Å². The van der Waals surface area contributed by atoms with Gasteiger partial charge in [-0.1, -0.05) is 30.3 Å². The second-order valence-corrected chi connectivity index (χ2v) is 5.52. The number of nitrogens with zero attached hydrogens (tertiary/aromatic N) is 1. The van der Waals surface area contributed by atoms with Crippen molar-refractivity contribution in [3.05, 3.63) is 35.9 Å². The Balaban J connectivity index is 1.72. The summed E-state index contributed by atoms with van der Waals surface area (Å²) in [5, 5.41) is 2.97. The van der Waals surface area contributed by atoms with Crippen molar-refractivity contribution < 1.29 is 9.53 Å². The van der Waals surface area contributed by atoms with Gasteiger partial charge in [0.15, 0.2) is 0 Å². The maximum absolute atomic E-state index is 12.1. The number of piperidine rings is 1. The number of hydrogen-bond donors (Lipinski definition) is 1. The molecule has 2 rings (SSSR count). The average molecular weight is 276 g/mol. The first-order valence-corrected chi connectivity index (χ1v) is 7.37. The Morgan fingerprint density at radius 3 is 2.55 bits per heavy atom. The molecule has 1 heterocycles. The van der Waals surface area contributed by atoms with Crippen LogP contribution >= 0.6 is 0 Å². The predicted molar refractivity (Wildman–Crippen MR) is 79.5 cm³/mol. The van der Waals surface area contributed by atoms with E-state index in [1.807, 2.05) is 35.2 Å². The molecule has 1 aliphatic rings. The Hall–Kier alpha value is -1.55. The van der Waals surface area contributed by atoms with Crippen molar-refractivity contribution in [2.45, 2.75) is 45.4 Å². The molecule has 1 aromatic rings. The molecule has 1 N–H and O–H groups in total. The third kappa shape index (κ3) is 4.53. The highest BCUT2D eigenvalue weighted by Gasteiger charge is 2.23. The Kier molecular flexibility index (Phi) is 5.41. The summed E-state index contributed by atoms with van der Waals surface area (Å²) in [6.45, 7) is 6.25. The van der Waals surface area contributed by atoms with Crippen LogP contribution in [-0.2, 0) is 11.3 Å². The molecule has 4 nitrogen and oxygen atoms in total. The van der Waals surface area contributed by atoms with Gasteiger partial charge in [-0.3, -0.25) is 0 Å². The molecule has 110 valence electrons. The van der Waals surface area contributed by atoms with Crippen molar-refractivity contribution in [3.8, 4) is 0 Å². The Morgan fingerprint density at radius 1 is 1.30 bits per heavy atom. The predicted octanol–water partition coefficient (Wildman–Crippen LogP) is 2.79. The van der Waals surface area contributed by atoms with Gasteiger partial charge in [0.1, 0.15) is 0 Å². The van der Waals surface area contributed by atoms with Crippen LogP contribution in [0, 0.1) is 0 Å². The fourth-order valence-electron chi connectivity index (χ4n) is 2.47. The molecule has 1 saturated heterocycles. The molecule has 0 spiro atoms. The van der Waals surface area contributed by atoms with E-state index in [0.717, 1.165) is 31.5 Å². The summed E-state index contributed by atoms with van der Waals surface area (Å²) in [5.41, 5.74) is 1.12. The van der Waals surface area contributed by atoms with Gasteiger partial charge in [-0.25, -0.2) is 4.79 Å². The second kappa shape index (κ2) is 7.29. The van der Waals surface area contributed by atoms with Crippen LogP contribution in [0.1, 0.15) is 32.3 Å². The van der Waals surface area contributed by atoms with Crippen LogP contribution in [0.25, 0.3) is 0 Å². The van der Waals surface area contributed by atoms with Gasteiger partial charge in [-0.2, -0.15) is 0 Å². The molecule has 1 fully saturated rings. The molecule has 0 aliphatic carbocycles. The van der Waals surface area contributed by atoms with Gasteiger partial charge in [0, 0.05) is 19.6 Å². The third-order valence-electron chi connectivity index (χ3n) is 3.48. The van der Waals surface area contributed by atoms with Crippen molar-refractivity contribution in [1.82, 2.24) is 10.2 Å². The summed E-state index contributed by atoms with van der Waals surface area (Å²) in [7, 11) is 0. The lowest BCUT2D eigenvalue weighted by Gasteiger charge is -2.32. The molecule has 0 bridgehead atoms. The zero-order chi connectivity index (χ0) is 14.4. The van der Waals surface area contributed by atoms with Gasteiger partial charge in [0.05, 0.1) is 12.2 Å². The van der Waals surface area contributed by atoms with Gasteiger partial charge in [-0.05, 0) is 32.3 Å². The van der Waals surface area contributed by atoms with E-state index in [2.05, 4.69) is 19.2 Å². The minimum Gasteiger partial charge on any atom is -0.375 e. The van der Waals surface area contributed by atoms with Crippen molar-refractivity contribution >= 4 is 6.03 Å². The van der Waals surface area contributed by atoms with Crippen molar-refractivity contribution in [1.29, 1.82) is 0 Å². The summed E-state index contributed by atoms with van der Waals surface area (Å²) in [5.74, 6) is 0. The maximum atomic E-state index is 12.1. The van der Waals surface area contributed by atoms with E-state index in [1.54, 1.807) is 0 Å². The van der Waals surface area contributed by atoms with Crippen LogP contribution in [0.15, 0.2) is 30.3 Å². The van der Waals surface area contributed by atoms with E-state index in [-0.39, 0.29) is 12.1 Å². The summed E-state index contributed by atoms with van der Waals surface area (Å²) in [4.78, 5) is 14.0. The van der Waals surface area contributed by atoms with Crippen LogP contribution in [0.4, 0.5) is 4.79 Å². The van der Waals surface area contributed by atoms with E-state index in [1.165, 1.54) is 0 Å². The van der Waals surface area contributed by atoms with Crippen LogP contribution in [0.3, 0.4) is 0 Å². The number of ether oxygens (including phenoxy) is 1. The van der Waals surface area contributed by atoms with Gasteiger partial charge in [0.2, 0.25) is 0 Å². The number of rotatable bonds is 4. The maximum Gasteiger partial charge on any atom is 0.317 e. The highest BCUT2D eigenvalue weighted by Crippen LogP contribution is 2.15. The lowest BCUT2D eigenvalue weighted by atomic mass is 10.1. The Morgan fingerprint density at radius 2 is 1.95 bits per heavy atom. The standard InChI is InChI=1S/C16H24N2O2/c1-13(2)20-15-8-10-18(11-9-15)16(19)17-12-14-6-4-3-5-7-14/h3-7,13,15H,8-12H2,1-2H3,(H,17,19). The first-order chi connectivity index (χ1) is 9.65. The molecule has 0 saturated carbocycles. The first kappa shape index (κ1) is 14.9. The summed E-state index contributed by atoms with van der Waals surface area (Å²) in [6.07, 6.45) is 2.42. The molecule has 1 aliphatic heterocycles. The average Bonchev–Trinajstić information content (AvgIpc) is 2.46. The van der Waals surface area contributed by atoms with E-state index in [0.29, 0.717) is 12.6 Å². The second-order valence-electron chi connectivity index (χ2n) is 5.52. The number of amides is 2. The minimum atomic E-state index is 0.0249. The molecular weight excluding hydrogens is 252 g/mol. The van der Waals surface area contributed by atoms with Crippen LogP contribution < -0.4 is 5.32 Å². The van der Waals surface area contributed by atoms with Crippen molar-refractivity contribution in [2.24, 2.45) is 0 Å². The number of carbonyl (C=O) groups excluding carboxylic acids is 1. The smallest absolute Gasteiger partial charge is 0.317 e. The molecule has 0 atom stereocenters. The fraction of sp³-hybridized carbons (Fsp3) is 0.562. The normalized spacial score (nSPS) is 16.4. The van der Waals surface area contributed by atoms with Crippen LogP contribution in [-0.4, -0.2) is 36.2 Å². The Labute approximate surface area is 121 Å². The van der Waals surface area contributed by atoms with Crippen molar-refractivity contribution in [3.63, 3.8) is 0 Å². The first-order valence-electron chi connectivity index (χ1n) is 7.37. The number of hydrogen-bond acceptors (Lipinski definition) is 2. The van der Waals surface area contributed by atoms with Gasteiger partial charge >= 0.3 is 6.03 Å². The number of benzene rings is 1. The summed E-state index contributed by atoms with van der Waals surface area (Å²) < 4.78 is 5.79. The lowest BCUT2D eigenvalue weighted by molar-refractivity contribution is -0.0210. The molecule has 0 unspecified atom stereocenters. The van der Waals surface area contributed by atoms with Crippen LogP contribution in [0.2, 0.25) is 0 Å². The fourth-order valence-corrected chi connectivity index (χ4v) is 2.47. The number of carbonyl (C=O) groups is 1. The summed E-state index contributed by atoms with van der Waals surface area (Å²) in [6, 6.07) is 10.0. The topological polar surface area (TPSA) is 41.6 Å².